The monoisotopic (exact) mass is 274 g/mol. The summed E-state index contributed by atoms with van der Waals surface area (Å²) in [7, 11) is 0. The summed E-state index contributed by atoms with van der Waals surface area (Å²) in [5.41, 5.74) is 5.95. The van der Waals surface area contributed by atoms with Gasteiger partial charge in [0.2, 0.25) is 5.91 Å². The van der Waals surface area contributed by atoms with Crippen molar-refractivity contribution in [2.24, 2.45) is 5.73 Å². The molecule has 0 radical (unpaired) electrons. The summed E-state index contributed by atoms with van der Waals surface area (Å²) in [5, 5.41) is 11.3. The van der Waals surface area contributed by atoms with E-state index < -0.39 is 31.2 Å². The van der Waals surface area contributed by atoms with Crippen LogP contribution in [0.1, 0.15) is 18.5 Å². The van der Waals surface area contributed by atoms with Gasteiger partial charge in [-0.3, -0.25) is 4.79 Å². The number of halogens is 2. The molecule has 0 saturated carbocycles. The maximum atomic E-state index is 12.1. The van der Waals surface area contributed by atoms with Crippen molar-refractivity contribution in [2.75, 3.05) is 6.61 Å². The van der Waals surface area contributed by atoms with E-state index in [1.54, 1.807) is 19.1 Å². The van der Waals surface area contributed by atoms with Crippen molar-refractivity contribution in [3.63, 3.8) is 0 Å². The van der Waals surface area contributed by atoms with Gasteiger partial charge in [0.05, 0.1) is 12.6 Å². The Hall–Kier alpha value is -1.73. The van der Waals surface area contributed by atoms with E-state index in [2.05, 4.69) is 10.1 Å². The van der Waals surface area contributed by atoms with E-state index in [4.69, 9.17) is 10.8 Å². The molecule has 7 heteroatoms. The highest BCUT2D eigenvalue weighted by atomic mass is 19.3. The summed E-state index contributed by atoms with van der Waals surface area (Å²) >= 11 is 0. The minimum Gasteiger partial charge on any atom is -0.435 e. The Labute approximate surface area is 109 Å². The molecule has 0 aromatic heterocycles. The number of aliphatic hydroxyl groups excluding tert-OH is 1. The van der Waals surface area contributed by atoms with Crippen molar-refractivity contribution in [2.45, 2.75) is 25.6 Å². The van der Waals surface area contributed by atoms with Crippen LogP contribution in [-0.4, -0.2) is 30.3 Å². The Balaban J connectivity index is 2.71. The molecule has 19 heavy (non-hydrogen) atoms. The van der Waals surface area contributed by atoms with Crippen molar-refractivity contribution in [3.05, 3.63) is 29.8 Å². The molecular formula is C12H16F2N2O3. The lowest BCUT2D eigenvalue weighted by Gasteiger charge is -2.17. The van der Waals surface area contributed by atoms with Crippen LogP contribution < -0.4 is 15.8 Å². The summed E-state index contributed by atoms with van der Waals surface area (Å²) in [6.07, 6.45) is 0. The minimum absolute atomic E-state index is 0.0139. The number of benzene rings is 1. The second kappa shape index (κ2) is 7.01. The number of nitrogens with two attached hydrogens (primary N) is 1. The highest BCUT2D eigenvalue weighted by Crippen LogP contribution is 2.20. The zero-order chi connectivity index (χ0) is 14.4. The Morgan fingerprint density at radius 1 is 1.53 bits per heavy atom. The molecule has 1 aromatic carbocycles. The second-order valence-corrected chi connectivity index (χ2v) is 3.97. The number of rotatable bonds is 6. The van der Waals surface area contributed by atoms with Crippen LogP contribution in [0.15, 0.2) is 24.3 Å². The molecule has 0 aliphatic carbocycles. The zero-order valence-corrected chi connectivity index (χ0v) is 10.3. The van der Waals surface area contributed by atoms with Crippen molar-refractivity contribution >= 4 is 5.91 Å². The molecule has 2 unspecified atom stereocenters. The molecule has 0 fully saturated rings. The van der Waals surface area contributed by atoms with Crippen LogP contribution in [0.5, 0.6) is 5.75 Å². The van der Waals surface area contributed by atoms with Gasteiger partial charge in [-0.2, -0.15) is 8.78 Å². The zero-order valence-electron chi connectivity index (χ0n) is 10.3. The summed E-state index contributed by atoms with van der Waals surface area (Å²) in [5.74, 6) is -0.504. The predicted octanol–water partition coefficient (Wildman–Crippen LogP) is 0.785. The quantitative estimate of drug-likeness (QED) is 0.716. The summed E-state index contributed by atoms with van der Waals surface area (Å²) in [4.78, 5) is 11.5. The first-order valence-corrected chi connectivity index (χ1v) is 5.65. The van der Waals surface area contributed by atoms with Crippen LogP contribution in [0.2, 0.25) is 0 Å². The van der Waals surface area contributed by atoms with Crippen molar-refractivity contribution < 1.29 is 23.4 Å². The highest BCUT2D eigenvalue weighted by molar-refractivity contribution is 5.82. The van der Waals surface area contributed by atoms with E-state index >= 15 is 0 Å². The number of carbonyl (C=O) groups is 1. The van der Waals surface area contributed by atoms with E-state index in [-0.39, 0.29) is 5.75 Å². The van der Waals surface area contributed by atoms with Gasteiger partial charge in [0.1, 0.15) is 11.8 Å². The average molecular weight is 274 g/mol. The molecule has 2 atom stereocenters. The predicted molar refractivity (Wildman–Crippen MR) is 64.7 cm³/mol. The van der Waals surface area contributed by atoms with Gasteiger partial charge in [-0.05, 0) is 24.6 Å². The van der Waals surface area contributed by atoms with Gasteiger partial charge in [0, 0.05) is 0 Å². The molecular weight excluding hydrogens is 258 g/mol. The van der Waals surface area contributed by atoms with E-state index in [0.717, 1.165) is 0 Å². The average Bonchev–Trinajstić information content (AvgIpc) is 2.37. The van der Waals surface area contributed by atoms with Gasteiger partial charge in [-0.1, -0.05) is 12.1 Å². The first kappa shape index (κ1) is 15.3. The van der Waals surface area contributed by atoms with Crippen LogP contribution >= 0.6 is 0 Å². The molecule has 0 aliphatic heterocycles. The lowest BCUT2D eigenvalue weighted by atomic mass is 10.1. The smallest absolute Gasteiger partial charge is 0.387 e. The molecule has 4 N–H and O–H groups in total. The van der Waals surface area contributed by atoms with Gasteiger partial charge in [-0.25, -0.2) is 0 Å². The largest absolute Gasteiger partial charge is 0.435 e. The fourth-order valence-electron chi connectivity index (χ4n) is 1.45. The summed E-state index contributed by atoms with van der Waals surface area (Å²) in [6, 6.07) is 4.55. The number of hydrogen-bond donors (Lipinski definition) is 3. The van der Waals surface area contributed by atoms with Gasteiger partial charge in [0.25, 0.3) is 0 Å². The molecule has 5 nitrogen and oxygen atoms in total. The number of aliphatic hydroxyl groups is 1. The number of nitrogens with one attached hydrogen (secondary N) is 1. The molecule has 0 saturated heterocycles. The van der Waals surface area contributed by atoms with Crippen molar-refractivity contribution in [1.29, 1.82) is 0 Å². The van der Waals surface area contributed by atoms with Crippen LogP contribution in [0.4, 0.5) is 8.78 Å². The van der Waals surface area contributed by atoms with Gasteiger partial charge in [0.15, 0.2) is 0 Å². The molecule has 0 aliphatic rings. The fourth-order valence-corrected chi connectivity index (χ4v) is 1.45. The van der Waals surface area contributed by atoms with E-state index in [1.165, 1.54) is 12.1 Å². The third-order valence-corrected chi connectivity index (χ3v) is 2.48. The maximum absolute atomic E-state index is 12.1. The first-order chi connectivity index (χ1) is 8.93. The van der Waals surface area contributed by atoms with Crippen molar-refractivity contribution in [3.8, 4) is 5.75 Å². The van der Waals surface area contributed by atoms with Crippen LogP contribution in [0.25, 0.3) is 0 Å². The lowest BCUT2D eigenvalue weighted by Crippen LogP contribution is -2.43. The van der Waals surface area contributed by atoms with Gasteiger partial charge >= 0.3 is 6.61 Å². The van der Waals surface area contributed by atoms with Gasteiger partial charge in [-0.15, -0.1) is 0 Å². The van der Waals surface area contributed by atoms with Crippen molar-refractivity contribution in [1.82, 2.24) is 5.32 Å². The maximum Gasteiger partial charge on any atom is 0.387 e. The summed E-state index contributed by atoms with van der Waals surface area (Å²) < 4.78 is 28.4. The molecule has 1 aromatic rings. The molecule has 0 spiro atoms. The Kier molecular flexibility index (Phi) is 5.65. The molecule has 1 amide bonds. The third-order valence-electron chi connectivity index (χ3n) is 2.48. The second-order valence-electron chi connectivity index (χ2n) is 3.97. The standard InChI is InChI=1S/C12H16F2N2O3/c1-7(16-11(18)10(15)6-17)8-3-2-4-9(5-8)19-12(13)14/h2-5,7,10,12,17H,6,15H2,1H3,(H,16,18). The number of amides is 1. The first-order valence-electron chi connectivity index (χ1n) is 5.65. The highest BCUT2D eigenvalue weighted by Gasteiger charge is 2.16. The molecule has 0 heterocycles. The van der Waals surface area contributed by atoms with E-state index in [1.807, 2.05) is 0 Å². The van der Waals surface area contributed by atoms with E-state index in [9.17, 15) is 13.6 Å². The minimum atomic E-state index is -2.90. The van der Waals surface area contributed by atoms with E-state index in [0.29, 0.717) is 5.56 Å². The number of hydrogen-bond acceptors (Lipinski definition) is 4. The fraction of sp³-hybridized carbons (Fsp3) is 0.417. The van der Waals surface area contributed by atoms with Crippen LogP contribution in [0, 0.1) is 0 Å². The topological polar surface area (TPSA) is 84.6 Å². The van der Waals surface area contributed by atoms with Gasteiger partial charge < -0.3 is 20.9 Å². The SMILES string of the molecule is CC(NC(=O)C(N)CO)c1cccc(OC(F)F)c1. The molecule has 106 valence electrons. The number of ether oxygens (including phenoxy) is 1. The number of carbonyl (C=O) groups excluding carboxylic acids is 1. The molecule has 0 bridgehead atoms. The van der Waals surface area contributed by atoms with Crippen LogP contribution in [-0.2, 0) is 4.79 Å². The van der Waals surface area contributed by atoms with Crippen LogP contribution in [0.3, 0.4) is 0 Å². The molecule has 1 rings (SSSR count). The Bertz CT molecular complexity index is 429. The lowest BCUT2D eigenvalue weighted by molar-refractivity contribution is -0.123. The normalized spacial score (nSPS) is 14.0. The Morgan fingerprint density at radius 2 is 2.21 bits per heavy atom. The Morgan fingerprint density at radius 3 is 2.79 bits per heavy atom. The number of alkyl halides is 2. The third kappa shape index (κ3) is 4.80. The summed E-state index contributed by atoms with van der Waals surface area (Å²) in [6.45, 7) is -1.70.